The molecule has 0 bridgehead atoms. The first-order chi connectivity index (χ1) is 13.3. The van der Waals surface area contributed by atoms with Crippen LogP contribution in [0.15, 0.2) is 18.5 Å². The smallest absolute Gasteiger partial charge is 0.255 e. The molecule has 1 aliphatic rings. The minimum atomic E-state index is -0.236. The fraction of sp³-hybridized carbons (Fsp3) is 0.579. The molecule has 1 aromatic carbocycles. The summed E-state index contributed by atoms with van der Waals surface area (Å²) in [7, 11) is 1.51. The molecular weight excluding hydrogens is 382 g/mol. The SMILES string of the molecule is COc1cc(-n2cnnn2)c(Cl)cc1C(=O)NCC1CCCOC1C(C)(C)C. The van der Waals surface area contributed by atoms with Crippen molar-refractivity contribution < 1.29 is 14.3 Å². The number of carbonyl (C=O) groups is 1. The molecule has 28 heavy (non-hydrogen) atoms. The summed E-state index contributed by atoms with van der Waals surface area (Å²) in [6.07, 6.45) is 3.56. The Kier molecular flexibility index (Phi) is 6.20. The highest BCUT2D eigenvalue weighted by atomic mass is 35.5. The standard InChI is InChI=1S/C19H26ClN5O3/c1-19(2,3)17-12(6-5-7-28-17)10-21-18(26)13-8-14(20)15(9-16(13)27-4)25-11-22-23-24-25/h8-9,11-12,17H,5-7,10H2,1-4H3,(H,21,26). The van der Waals surface area contributed by atoms with Crippen molar-refractivity contribution in [1.82, 2.24) is 25.5 Å². The molecular formula is C19H26ClN5O3. The zero-order valence-corrected chi connectivity index (χ0v) is 17.4. The van der Waals surface area contributed by atoms with Gasteiger partial charge < -0.3 is 14.8 Å². The molecule has 2 unspecified atom stereocenters. The second kappa shape index (κ2) is 8.45. The maximum absolute atomic E-state index is 12.8. The second-order valence-electron chi connectivity index (χ2n) is 8.03. The first-order valence-corrected chi connectivity index (χ1v) is 9.69. The number of hydrogen-bond acceptors (Lipinski definition) is 6. The summed E-state index contributed by atoms with van der Waals surface area (Å²) < 4.78 is 12.8. The van der Waals surface area contributed by atoms with E-state index in [9.17, 15) is 4.79 Å². The van der Waals surface area contributed by atoms with E-state index in [0.717, 1.165) is 19.4 Å². The number of nitrogens with one attached hydrogen (secondary N) is 1. The highest BCUT2D eigenvalue weighted by Crippen LogP contribution is 2.34. The summed E-state index contributed by atoms with van der Waals surface area (Å²) in [5.74, 6) is 0.430. The van der Waals surface area contributed by atoms with Crippen molar-refractivity contribution in [2.24, 2.45) is 11.3 Å². The summed E-state index contributed by atoms with van der Waals surface area (Å²) in [6.45, 7) is 7.81. The van der Waals surface area contributed by atoms with Crippen molar-refractivity contribution in [2.75, 3.05) is 20.3 Å². The van der Waals surface area contributed by atoms with E-state index in [-0.39, 0.29) is 23.3 Å². The highest BCUT2D eigenvalue weighted by Gasteiger charge is 2.35. The fourth-order valence-electron chi connectivity index (χ4n) is 3.66. The van der Waals surface area contributed by atoms with Gasteiger partial charge in [0, 0.05) is 25.1 Å². The summed E-state index contributed by atoms with van der Waals surface area (Å²) in [4.78, 5) is 12.8. The number of ether oxygens (including phenoxy) is 2. The van der Waals surface area contributed by atoms with Crippen molar-refractivity contribution in [2.45, 2.75) is 39.7 Å². The van der Waals surface area contributed by atoms with Crippen molar-refractivity contribution in [1.29, 1.82) is 0 Å². The largest absolute Gasteiger partial charge is 0.496 e. The van der Waals surface area contributed by atoms with E-state index in [1.54, 1.807) is 12.1 Å². The van der Waals surface area contributed by atoms with Gasteiger partial charge >= 0.3 is 0 Å². The topological polar surface area (TPSA) is 91.2 Å². The average Bonchev–Trinajstić information content (AvgIpc) is 3.20. The molecule has 1 fully saturated rings. The average molecular weight is 408 g/mol. The Hall–Kier alpha value is -2.19. The predicted octanol–water partition coefficient (Wildman–Crippen LogP) is 2.90. The summed E-state index contributed by atoms with van der Waals surface area (Å²) in [6, 6.07) is 3.22. The van der Waals surface area contributed by atoms with Crippen LogP contribution in [0.4, 0.5) is 0 Å². The van der Waals surface area contributed by atoms with Crippen LogP contribution in [-0.4, -0.2) is 52.5 Å². The Balaban J connectivity index is 1.76. The van der Waals surface area contributed by atoms with Crippen LogP contribution in [0.25, 0.3) is 5.69 Å². The molecule has 8 nitrogen and oxygen atoms in total. The van der Waals surface area contributed by atoms with Crippen molar-refractivity contribution in [3.63, 3.8) is 0 Å². The predicted molar refractivity (Wildman–Crippen MR) is 105 cm³/mol. The lowest BCUT2D eigenvalue weighted by molar-refractivity contribution is -0.0839. The Morgan fingerprint density at radius 1 is 1.43 bits per heavy atom. The second-order valence-corrected chi connectivity index (χ2v) is 8.44. The molecule has 0 spiro atoms. The van der Waals surface area contributed by atoms with Crippen molar-refractivity contribution >= 4 is 17.5 Å². The molecule has 1 saturated heterocycles. The van der Waals surface area contributed by atoms with Crippen molar-refractivity contribution in [3.05, 3.63) is 29.0 Å². The zero-order chi connectivity index (χ0) is 20.3. The number of rotatable bonds is 5. The van der Waals surface area contributed by atoms with E-state index in [1.807, 2.05) is 0 Å². The van der Waals surface area contributed by atoms with Crippen LogP contribution in [-0.2, 0) is 4.74 Å². The number of tetrazole rings is 1. The van der Waals surface area contributed by atoms with Crippen LogP contribution in [0, 0.1) is 11.3 Å². The lowest BCUT2D eigenvalue weighted by Gasteiger charge is -2.40. The minimum absolute atomic E-state index is 0.0182. The maximum Gasteiger partial charge on any atom is 0.255 e. The molecule has 1 aromatic heterocycles. The van der Waals surface area contributed by atoms with E-state index in [4.69, 9.17) is 21.1 Å². The van der Waals surface area contributed by atoms with Gasteiger partial charge in [-0.1, -0.05) is 32.4 Å². The van der Waals surface area contributed by atoms with Crippen LogP contribution in [0.3, 0.4) is 0 Å². The third-order valence-electron chi connectivity index (χ3n) is 4.93. The maximum atomic E-state index is 12.8. The van der Waals surface area contributed by atoms with Crippen LogP contribution < -0.4 is 10.1 Å². The molecule has 0 aliphatic carbocycles. The monoisotopic (exact) mass is 407 g/mol. The van der Waals surface area contributed by atoms with Gasteiger partial charge in [-0.25, -0.2) is 0 Å². The molecule has 1 N–H and O–H groups in total. The molecule has 0 radical (unpaired) electrons. The number of amides is 1. The lowest BCUT2D eigenvalue weighted by Crippen LogP contribution is -2.45. The number of nitrogens with zero attached hydrogens (tertiary/aromatic N) is 4. The van der Waals surface area contributed by atoms with Gasteiger partial charge in [-0.2, -0.15) is 4.68 Å². The van der Waals surface area contributed by atoms with Gasteiger partial charge in [-0.05, 0) is 34.7 Å². The molecule has 3 rings (SSSR count). The molecule has 0 saturated carbocycles. The molecule has 152 valence electrons. The first-order valence-electron chi connectivity index (χ1n) is 9.32. The van der Waals surface area contributed by atoms with Crippen LogP contribution in [0.2, 0.25) is 5.02 Å². The number of benzene rings is 1. The van der Waals surface area contributed by atoms with Gasteiger partial charge in [0.2, 0.25) is 0 Å². The highest BCUT2D eigenvalue weighted by molar-refractivity contribution is 6.33. The van der Waals surface area contributed by atoms with Gasteiger partial charge in [0.1, 0.15) is 12.1 Å². The van der Waals surface area contributed by atoms with E-state index < -0.39 is 0 Å². The number of aromatic nitrogens is 4. The third-order valence-corrected chi connectivity index (χ3v) is 5.24. The molecule has 2 atom stereocenters. The molecule has 1 amide bonds. The first kappa shape index (κ1) is 20.5. The Labute approximate surface area is 169 Å². The minimum Gasteiger partial charge on any atom is -0.496 e. The number of hydrogen-bond donors (Lipinski definition) is 1. The number of halogens is 1. The van der Waals surface area contributed by atoms with Crippen molar-refractivity contribution in [3.8, 4) is 11.4 Å². The zero-order valence-electron chi connectivity index (χ0n) is 16.6. The summed E-state index contributed by atoms with van der Waals surface area (Å²) >= 11 is 6.35. The van der Waals surface area contributed by atoms with E-state index in [1.165, 1.54) is 18.1 Å². The third kappa shape index (κ3) is 4.44. The van der Waals surface area contributed by atoms with E-state index in [0.29, 0.717) is 28.6 Å². The number of methoxy groups -OCH3 is 1. The quantitative estimate of drug-likeness (QED) is 0.819. The van der Waals surface area contributed by atoms with Gasteiger partial charge in [-0.15, -0.1) is 5.10 Å². The van der Waals surface area contributed by atoms with Gasteiger partial charge in [0.15, 0.2) is 0 Å². The summed E-state index contributed by atoms with van der Waals surface area (Å²) in [5, 5.41) is 14.4. The fourth-order valence-corrected chi connectivity index (χ4v) is 3.91. The van der Waals surface area contributed by atoms with Crippen LogP contribution >= 0.6 is 11.6 Å². The van der Waals surface area contributed by atoms with Crippen LogP contribution in [0.5, 0.6) is 5.75 Å². The molecule has 2 aromatic rings. The summed E-state index contributed by atoms with van der Waals surface area (Å²) in [5.41, 5.74) is 0.923. The van der Waals surface area contributed by atoms with Gasteiger partial charge in [0.05, 0.1) is 29.5 Å². The lowest BCUT2D eigenvalue weighted by atomic mass is 9.78. The van der Waals surface area contributed by atoms with Gasteiger partial charge in [0.25, 0.3) is 5.91 Å². The normalized spacial score (nSPS) is 20.0. The number of carbonyl (C=O) groups excluding carboxylic acids is 1. The Morgan fingerprint density at radius 2 is 2.21 bits per heavy atom. The van der Waals surface area contributed by atoms with E-state index >= 15 is 0 Å². The van der Waals surface area contributed by atoms with Gasteiger partial charge in [-0.3, -0.25) is 4.79 Å². The Bertz CT molecular complexity index is 820. The molecule has 9 heteroatoms. The van der Waals surface area contributed by atoms with E-state index in [2.05, 4.69) is 41.6 Å². The molecule has 2 heterocycles. The Morgan fingerprint density at radius 3 is 2.86 bits per heavy atom. The molecule has 1 aliphatic heterocycles. The van der Waals surface area contributed by atoms with Crippen LogP contribution in [0.1, 0.15) is 44.0 Å².